The van der Waals surface area contributed by atoms with Crippen LogP contribution in [0.3, 0.4) is 0 Å². The van der Waals surface area contributed by atoms with Crippen LogP contribution in [0.4, 0.5) is 5.69 Å². The second kappa shape index (κ2) is 13.0. The average molecular weight is 409 g/mol. The van der Waals surface area contributed by atoms with Crippen molar-refractivity contribution < 1.29 is 18.9 Å². The molecule has 1 aliphatic carbocycles. The fraction of sp³-hybridized carbons (Fsp3) is 0.304. The fourth-order valence-corrected chi connectivity index (χ4v) is 2.41. The number of hydrogen-bond acceptors (Lipinski definition) is 6. The number of rotatable bonds is 12. The first-order valence-electron chi connectivity index (χ1n) is 9.41. The number of allylic oxidation sites excluding steroid dienone is 3. The van der Waals surface area contributed by atoms with Crippen molar-refractivity contribution in [2.75, 3.05) is 52.6 Å². The maximum atomic E-state index is 5.76. The molecule has 1 aromatic carbocycles. The molecule has 0 aromatic heterocycles. The van der Waals surface area contributed by atoms with Gasteiger partial charge in [-0.05, 0) is 29.8 Å². The Morgan fingerprint density at radius 1 is 1.07 bits per heavy atom. The minimum Gasteiger partial charge on any atom is -0.487 e. The standard InChI is InChI=1S/C23H27N3O4/c1-5-19-7-6-8-20(14-19)25-16-24-17-26-21-15-23(30-12-10-28-4)22(13-18(21)2)29-11-9-27-3/h1,6-8,13-15,17,25H,2,9-12,16H2,3-4H3/b24-17-,26-21-. The molecule has 0 saturated carbocycles. The van der Waals surface area contributed by atoms with Crippen LogP contribution in [0.2, 0.25) is 0 Å². The van der Waals surface area contributed by atoms with Crippen LogP contribution in [0.5, 0.6) is 0 Å². The molecule has 7 nitrogen and oxygen atoms in total. The molecule has 1 aromatic rings. The van der Waals surface area contributed by atoms with Gasteiger partial charge >= 0.3 is 0 Å². The number of hydrogen-bond donors (Lipinski definition) is 1. The van der Waals surface area contributed by atoms with Crippen LogP contribution in [-0.2, 0) is 18.9 Å². The van der Waals surface area contributed by atoms with Crippen LogP contribution in [0.15, 0.2) is 70.1 Å². The molecule has 0 spiro atoms. The summed E-state index contributed by atoms with van der Waals surface area (Å²) in [4.78, 5) is 8.64. The predicted molar refractivity (Wildman–Crippen MR) is 120 cm³/mol. The zero-order valence-corrected chi connectivity index (χ0v) is 17.4. The molecule has 0 amide bonds. The van der Waals surface area contributed by atoms with Gasteiger partial charge in [-0.1, -0.05) is 18.6 Å². The van der Waals surface area contributed by atoms with E-state index in [-0.39, 0.29) is 0 Å². The summed E-state index contributed by atoms with van der Waals surface area (Å²) in [6.45, 7) is 6.12. The van der Waals surface area contributed by atoms with Gasteiger partial charge in [0.2, 0.25) is 0 Å². The van der Waals surface area contributed by atoms with Crippen molar-refractivity contribution >= 4 is 17.7 Å². The van der Waals surface area contributed by atoms with Gasteiger partial charge in [0.15, 0.2) is 11.5 Å². The zero-order chi connectivity index (χ0) is 21.6. The van der Waals surface area contributed by atoms with Gasteiger partial charge < -0.3 is 24.3 Å². The molecular formula is C23H27N3O4. The first-order valence-corrected chi connectivity index (χ1v) is 9.41. The molecule has 0 aliphatic heterocycles. The number of benzene rings is 1. The number of nitrogens with one attached hydrogen (secondary N) is 1. The Balaban J connectivity index is 1.99. The number of methoxy groups -OCH3 is 2. The number of ether oxygens (including phenoxy) is 4. The Morgan fingerprint density at radius 3 is 2.43 bits per heavy atom. The lowest BCUT2D eigenvalue weighted by Crippen LogP contribution is -2.14. The van der Waals surface area contributed by atoms with Gasteiger partial charge in [0.05, 0.1) is 18.9 Å². The quantitative estimate of drug-likeness (QED) is 0.248. The third-order valence-electron chi connectivity index (χ3n) is 3.92. The van der Waals surface area contributed by atoms with Gasteiger partial charge in [-0.25, -0.2) is 4.99 Å². The van der Waals surface area contributed by atoms with Crippen LogP contribution in [0.25, 0.3) is 0 Å². The van der Waals surface area contributed by atoms with Crippen LogP contribution < -0.4 is 5.32 Å². The highest BCUT2D eigenvalue weighted by atomic mass is 16.6. The first-order chi connectivity index (χ1) is 14.7. The highest BCUT2D eigenvalue weighted by Gasteiger charge is 2.17. The van der Waals surface area contributed by atoms with E-state index in [4.69, 9.17) is 25.4 Å². The Morgan fingerprint density at radius 2 is 1.77 bits per heavy atom. The molecule has 0 radical (unpaired) electrons. The van der Waals surface area contributed by atoms with Crippen LogP contribution in [-0.4, -0.2) is 59.4 Å². The van der Waals surface area contributed by atoms with E-state index >= 15 is 0 Å². The Labute approximate surface area is 177 Å². The van der Waals surface area contributed by atoms with Gasteiger partial charge in [-0.2, -0.15) is 0 Å². The van der Waals surface area contributed by atoms with Crippen molar-refractivity contribution in [3.05, 3.63) is 65.7 Å². The minimum atomic E-state index is 0.361. The molecule has 1 N–H and O–H groups in total. The summed E-state index contributed by atoms with van der Waals surface area (Å²) >= 11 is 0. The van der Waals surface area contributed by atoms with E-state index in [2.05, 4.69) is 27.8 Å². The smallest absolute Gasteiger partial charge is 0.163 e. The van der Waals surface area contributed by atoms with E-state index in [0.29, 0.717) is 55.9 Å². The number of aliphatic imine (C=N–C) groups is 2. The third kappa shape index (κ3) is 7.59. The van der Waals surface area contributed by atoms with E-state index < -0.39 is 0 Å². The van der Waals surface area contributed by atoms with Crippen molar-refractivity contribution in [3.8, 4) is 12.3 Å². The van der Waals surface area contributed by atoms with Crippen molar-refractivity contribution in [1.82, 2.24) is 0 Å². The summed E-state index contributed by atoms with van der Waals surface area (Å²) in [5, 5.41) is 3.16. The minimum absolute atomic E-state index is 0.361. The molecule has 0 unspecified atom stereocenters. The zero-order valence-electron chi connectivity index (χ0n) is 17.4. The van der Waals surface area contributed by atoms with Crippen molar-refractivity contribution in [3.63, 3.8) is 0 Å². The summed E-state index contributed by atoms with van der Waals surface area (Å²) in [7, 11) is 3.24. The molecule has 0 fully saturated rings. The highest BCUT2D eigenvalue weighted by molar-refractivity contribution is 6.14. The third-order valence-corrected chi connectivity index (χ3v) is 3.92. The normalized spacial score (nSPS) is 15.0. The second-order valence-corrected chi connectivity index (χ2v) is 6.10. The molecule has 158 valence electrons. The van der Waals surface area contributed by atoms with Crippen LogP contribution in [0, 0.1) is 12.3 Å². The number of terminal acetylenes is 1. The van der Waals surface area contributed by atoms with Crippen LogP contribution in [0.1, 0.15) is 5.56 Å². The lowest BCUT2D eigenvalue weighted by Gasteiger charge is -2.19. The molecule has 7 heteroatoms. The lowest BCUT2D eigenvalue weighted by molar-refractivity contribution is 0.0785. The first kappa shape index (κ1) is 22.9. The van der Waals surface area contributed by atoms with E-state index in [1.165, 1.54) is 6.34 Å². The van der Waals surface area contributed by atoms with Crippen molar-refractivity contribution in [2.45, 2.75) is 0 Å². The molecule has 0 heterocycles. The predicted octanol–water partition coefficient (Wildman–Crippen LogP) is 3.17. The van der Waals surface area contributed by atoms with Gasteiger partial charge in [-0.3, -0.25) is 4.99 Å². The maximum absolute atomic E-state index is 5.76. The fourth-order valence-electron chi connectivity index (χ4n) is 2.41. The molecule has 0 saturated heterocycles. The van der Waals surface area contributed by atoms with E-state index in [1.54, 1.807) is 26.4 Å². The van der Waals surface area contributed by atoms with Crippen LogP contribution >= 0.6 is 0 Å². The topological polar surface area (TPSA) is 73.7 Å². The van der Waals surface area contributed by atoms with Gasteiger partial charge in [0.25, 0.3) is 0 Å². The highest BCUT2D eigenvalue weighted by Crippen LogP contribution is 2.22. The Hall–Kier alpha value is -3.34. The lowest BCUT2D eigenvalue weighted by atomic mass is 10.0. The maximum Gasteiger partial charge on any atom is 0.163 e. The number of nitrogens with zero attached hydrogens (tertiary/aromatic N) is 2. The Kier molecular flexibility index (Phi) is 9.93. The average Bonchev–Trinajstić information content (AvgIpc) is 2.76. The molecule has 30 heavy (non-hydrogen) atoms. The van der Waals surface area contributed by atoms with Crippen molar-refractivity contribution in [2.24, 2.45) is 9.98 Å². The van der Waals surface area contributed by atoms with Crippen molar-refractivity contribution in [1.29, 1.82) is 0 Å². The van der Waals surface area contributed by atoms with E-state index in [9.17, 15) is 0 Å². The molecular weight excluding hydrogens is 382 g/mol. The largest absolute Gasteiger partial charge is 0.487 e. The van der Waals surface area contributed by atoms with Gasteiger partial charge in [-0.15, -0.1) is 6.42 Å². The summed E-state index contributed by atoms with van der Waals surface area (Å²) in [5.74, 6) is 3.74. The summed E-state index contributed by atoms with van der Waals surface area (Å²) in [5.41, 5.74) is 3.04. The number of anilines is 1. The summed E-state index contributed by atoms with van der Waals surface area (Å²) < 4.78 is 21.5. The second-order valence-electron chi connectivity index (χ2n) is 6.10. The molecule has 0 bridgehead atoms. The summed E-state index contributed by atoms with van der Waals surface area (Å²) in [6, 6.07) is 7.57. The summed E-state index contributed by atoms with van der Waals surface area (Å²) in [6.07, 6.45) is 10.4. The molecule has 1 aliphatic rings. The molecule has 0 atom stereocenters. The monoisotopic (exact) mass is 409 g/mol. The van der Waals surface area contributed by atoms with E-state index in [0.717, 1.165) is 11.3 Å². The van der Waals surface area contributed by atoms with Gasteiger partial charge in [0, 0.05) is 31.5 Å². The van der Waals surface area contributed by atoms with E-state index in [1.807, 2.05) is 24.3 Å². The Bertz CT molecular complexity index is 879. The molecule has 2 rings (SSSR count). The van der Waals surface area contributed by atoms with Gasteiger partial charge in [0.1, 0.15) is 26.2 Å². The SMILES string of the molecule is C#Cc1cccc(NC/N=C\N=C2\C=C(OCCOC)C(OCCOC)=CC2=C)c1.